The maximum atomic E-state index is 12.7. The summed E-state index contributed by atoms with van der Waals surface area (Å²) in [4.78, 5) is 11.1. The van der Waals surface area contributed by atoms with Crippen molar-refractivity contribution in [1.82, 2.24) is 0 Å². The molecule has 26 heavy (non-hydrogen) atoms. The number of rotatable bonds is 7. The Labute approximate surface area is 156 Å². The molecule has 10 heteroatoms. The van der Waals surface area contributed by atoms with Crippen molar-refractivity contribution in [3.8, 4) is 10.8 Å². The largest absolute Gasteiger partial charge is 0.514 e. The standard InChI is InChI=1S/C16H20N2O6S2/c1-10(2)17-11-5-6-12(13(9-11)22-3)18-26(20,21)14-7-8-25-15(14)24-16(19)23-4/h5-10,17-18H,1-4H3. The average Bonchev–Trinajstić information content (AvgIpc) is 3.04. The number of anilines is 2. The summed E-state index contributed by atoms with van der Waals surface area (Å²) >= 11 is 0.966. The highest BCUT2D eigenvalue weighted by Crippen LogP contribution is 2.35. The molecule has 1 heterocycles. The molecule has 0 spiro atoms. The maximum absolute atomic E-state index is 12.7. The number of hydrogen-bond donors (Lipinski definition) is 2. The van der Waals surface area contributed by atoms with Crippen LogP contribution < -0.4 is 19.5 Å². The summed E-state index contributed by atoms with van der Waals surface area (Å²) in [5, 5.41) is 4.62. The second-order valence-corrected chi connectivity index (χ2v) is 7.98. The topological polar surface area (TPSA) is 103 Å². The minimum atomic E-state index is -4.00. The van der Waals surface area contributed by atoms with E-state index in [9.17, 15) is 13.2 Å². The molecular weight excluding hydrogens is 380 g/mol. The van der Waals surface area contributed by atoms with E-state index in [0.29, 0.717) is 5.75 Å². The molecular formula is C16H20N2O6S2. The van der Waals surface area contributed by atoms with E-state index in [1.165, 1.54) is 18.6 Å². The first-order valence-electron chi connectivity index (χ1n) is 7.57. The molecule has 0 unspecified atom stereocenters. The van der Waals surface area contributed by atoms with Gasteiger partial charge in [-0.05, 0) is 37.4 Å². The number of benzene rings is 1. The third kappa shape index (κ3) is 4.79. The SMILES string of the molecule is COC(=O)Oc1sccc1S(=O)(=O)Nc1ccc(NC(C)C)cc1OC. The molecule has 0 aliphatic heterocycles. The van der Waals surface area contributed by atoms with Crippen molar-refractivity contribution < 1.29 is 27.4 Å². The fourth-order valence-corrected chi connectivity index (χ4v) is 4.34. The van der Waals surface area contributed by atoms with Crippen molar-refractivity contribution in [3.63, 3.8) is 0 Å². The minimum Gasteiger partial charge on any atom is -0.494 e. The lowest BCUT2D eigenvalue weighted by Gasteiger charge is -2.15. The van der Waals surface area contributed by atoms with Crippen LogP contribution in [-0.4, -0.2) is 34.8 Å². The Morgan fingerprint density at radius 2 is 1.92 bits per heavy atom. The van der Waals surface area contributed by atoms with Crippen molar-refractivity contribution in [1.29, 1.82) is 0 Å². The first kappa shape index (κ1) is 19.9. The number of hydrogen-bond acceptors (Lipinski definition) is 8. The molecule has 0 aliphatic carbocycles. The van der Waals surface area contributed by atoms with Crippen LogP contribution in [-0.2, 0) is 14.8 Å². The van der Waals surface area contributed by atoms with E-state index in [2.05, 4.69) is 14.8 Å². The molecule has 2 aromatic rings. The van der Waals surface area contributed by atoms with Gasteiger partial charge >= 0.3 is 6.16 Å². The van der Waals surface area contributed by atoms with Crippen molar-refractivity contribution in [2.45, 2.75) is 24.8 Å². The highest BCUT2D eigenvalue weighted by atomic mass is 32.2. The third-order valence-electron chi connectivity index (χ3n) is 3.13. The lowest BCUT2D eigenvalue weighted by Crippen LogP contribution is -2.16. The summed E-state index contributed by atoms with van der Waals surface area (Å²) in [6.45, 7) is 3.98. The van der Waals surface area contributed by atoms with Crippen LogP contribution in [0.2, 0.25) is 0 Å². The quantitative estimate of drug-likeness (QED) is 0.685. The van der Waals surface area contributed by atoms with Crippen LogP contribution in [0, 0.1) is 0 Å². The summed E-state index contributed by atoms with van der Waals surface area (Å²) in [5.74, 6) is 0.352. The Morgan fingerprint density at radius 1 is 1.19 bits per heavy atom. The van der Waals surface area contributed by atoms with Gasteiger partial charge in [0.2, 0.25) is 5.06 Å². The average molecular weight is 400 g/mol. The number of nitrogens with one attached hydrogen (secondary N) is 2. The minimum absolute atomic E-state index is 0.0820. The van der Waals surface area contributed by atoms with E-state index in [1.54, 1.807) is 18.2 Å². The van der Waals surface area contributed by atoms with E-state index in [4.69, 9.17) is 9.47 Å². The van der Waals surface area contributed by atoms with Gasteiger partial charge in [-0.2, -0.15) is 0 Å². The molecule has 0 radical (unpaired) electrons. The highest BCUT2D eigenvalue weighted by Gasteiger charge is 2.24. The lowest BCUT2D eigenvalue weighted by atomic mass is 10.2. The molecule has 0 saturated carbocycles. The first-order valence-corrected chi connectivity index (χ1v) is 9.93. The van der Waals surface area contributed by atoms with Crippen LogP contribution >= 0.6 is 11.3 Å². The molecule has 0 bridgehead atoms. The van der Waals surface area contributed by atoms with Crippen LogP contribution in [0.1, 0.15) is 13.8 Å². The fourth-order valence-electron chi connectivity index (χ4n) is 2.07. The van der Waals surface area contributed by atoms with Gasteiger partial charge < -0.3 is 19.5 Å². The second-order valence-electron chi connectivity index (χ2n) is 5.45. The van der Waals surface area contributed by atoms with Crippen LogP contribution in [0.3, 0.4) is 0 Å². The number of carbonyl (C=O) groups is 1. The van der Waals surface area contributed by atoms with Gasteiger partial charge in [-0.1, -0.05) is 0 Å². The Bertz CT molecular complexity index is 877. The predicted molar refractivity (Wildman–Crippen MR) is 99.9 cm³/mol. The number of sulfonamides is 1. The van der Waals surface area contributed by atoms with Gasteiger partial charge in [-0.15, -0.1) is 11.3 Å². The molecule has 2 N–H and O–H groups in total. The number of thiophene rings is 1. The third-order valence-corrected chi connectivity index (χ3v) is 5.44. The maximum Gasteiger partial charge on any atom is 0.514 e. The lowest BCUT2D eigenvalue weighted by molar-refractivity contribution is 0.122. The van der Waals surface area contributed by atoms with Gasteiger partial charge in [0.1, 0.15) is 10.6 Å². The molecule has 1 aromatic carbocycles. The summed E-state index contributed by atoms with van der Waals surface area (Å²) in [7, 11) is -1.41. The number of methoxy groups -OCH3 is 2. The number of carbonyl (C=O) groups excluding carboxylic acids is 1. The summed E-state index contributed by atoms with van der Waals surface area (Å²) in [6, 6.07) is 6.57. The predicted octanol–water partition coefficient (Wildman–Crippen LogP) is 3.52. The summed E-state index contributed by atoms with van der Waals surface area (Å²) in [6.07, 6.45) is -0.995. The molecule has 0 saturated heterocycles. The molecule has 8 nitrogen and oxygen atoms in total. The van der Waals surface area contributed by atoms with Gasteiger partial charge in [-0.3, -0.25) is 4.72 Å². The highest BCUT2D eigenvalue weighted by molar-refractivity contribution is 7.93. The van der Waals surface area contributed by atoms with E-state index in [0.717, 1.165) is 24.1 Å². The van der Waals surface area contributed by atoms with Crippen LogP contribution in [0.25, 0.3) is 0 Å². The van der Waals surface area contributed by atoms with E-state index in [1.807, 2.05) is 13.8 Å². The van der Waals surface area contributed by atoms with Gasteiger partial charge in [-0.25, -0.2) is 13.2 Å². The van der Waals surface area contributed by atoms with Crippen molar-refractivity contribution >= 4 is 38.9 Å². The second kappa shape index (κ2) is 8.28. The smallest absolute Gasteiger partial charge is 0.494 e. The molecule has 0 fully saturated rings. The Hall–Kier alpha value is -2.46. The number of ether oxygens (including phenoxy) is 3. The monoisotopic (exact) mass is 400 g/mol. The zero-order chi connectivity index (χ0) is 19.3. The van der Waals surface area contributed by atoms with Gasteiger partial charge in [0.05, 0.1) is 19.9 Å². The van der Waals surface area contributed by atoms with Crippen molar-refractivity contribution in [2.24, 2.45) is 0 Å². The molecule has 1 aromatic heterocycles. The molecule has 0 atom stereocenters. The molecule has 0 aliphatic rings. The van der Waals surface area contributed by atoms with Crippen LogP contribution in [0.5, 0.6) is 10.8 Å². The van der Waals surface area contributed by atoms with E-state index < -0.39 is 16.2 Å². The first-order chi connectivity index (χ1) is 12.3. The van der Waals surface area contributed by atoms with Crippen molar-refractivity contribution in [3.05, 3.63) is 29.6 Å². The fraction of sp³-hybridized carbons (Fsp3) is 0.312. The van der Waals surface area contributed by atoms with Gasteiger partial charge in [0.15, 0.2) is 0 Å². The molecule has 142 valence electrons. The molecule has 2 rings (SSSR count). The summed E-state index contributed by atoms with van der Waals surface area (Å²) in [5.41, 5.74) is 1.06. The molecule has 0 amide bonds. The normalized spacial score (nSPS) is 11.1. The Balaban J connectivity index is 2.30. The zero-order valence-electron chi connectivity index (χ0n) is 14.7. The zero-order valence-corrected chi connectivity index (χ0v) is 16.4. The van der Waals surface area contributed by atoms with Crippen molar-refractivity contribution in [2.75, 3.05) is 24.3 Å². The van der Waals surface area contributed by atoms with Gasteiger partial charge in [0, 0.05) is 17.8 Å². The Morgan fingerprint density at radius 3 is 2.54 bits per heavy atom. The Kier molecular flexibility index (Phi) is 6.32. The van der Waals surface area contributed by atoms with E-state index >= 15 is 0 Å². The van der Waals surface area contributed by atoms with Crippen LogP contribution in [0.4, 0.5) is 16.2 Å². The summed E-state index contributed by atoms with van der Waals surface area (Å²) < 4.78 is 42.3. The van der Waals surface area contributed by atoms with Crippen LogP contribution in [0.15, 0.2) is 34.5 Å². The van der Waals surface area contributed by atoms with E-state index in [-0.39, 0.29) is 21.7 Å². The van der Waals surface area contributed by atoms with Gasteiger partial charge in [0.25, 0.3) is 10.0 Å².